The first-order chi connectivity index (χ1) is 8.88. The van der Waals surface area contributed by atoms with Gasteiger partial charge in [0.25, 0.3) is 0 Å². The van der Waals surface area contributed by atoms with Crippen LogP contribution in [0.2, 0.25) is 0 Å². The highest BCUT2D eigenvalue weighted by Gasteiger charge is 1.88. The van der Waals surface area contributed by atoms with Crippen LogP contribution in [-0.2, 0) is 0 Å². The van der Waals surface area contributed by atoms with E-state index in [0.29, 0.717) is 0 Å². The van der Waals surface area contributed by atoms with Crippen LogP contribution >= 0.6 is 0 Å². The zero-order valence-corrected chi connectivity index (χ0v) is 10.3. The second kappa shape index (κ2) is 6.40. The number of pyridine rings is 1. The average Bonchev–Trinajstić information content (AvgIpc) is 2.45. The molecular weight excluding hydrogens is 222 g/mol. The summed E-state index contributed by atoms with van der Waals surface area (Å²) in [6.45, 7) is 0. The molecule has 1 aromatic carbocycles. The van der Waals surface area contributed by atoms with Gasteiger partial charge < -0.3 is 4.74 Å². The Hall–Kier alpha value is -2.35. The fraction of sp³-hybridized carbons (Fsp3) is 0.0625. The molecule has 0 amide bonds. The van der Waals surface area contributed by atoms with Gasteiger partial charge in [0, 0.05) is 6.20 Å². The van der Waals surface area contributed by atoms with Crippen LogP contribution in [0, 0.1) is 0 Å². The SMILES string of the molecule is COc1ccc(C=CC=Cc2ccccn2)cc1. The largest absolute Gasteiger partial charge is 0.497 e. The Morgan fingerprint density at radius 3 is 2.39 bits per heavy atom. The molecule has 1 heterocycles. The highest BCUT2D eigenvalue weighted by Crippen LogP contribution is 2.12. The van der Waals surface area contributed by atoms with Gasteiger partial charge >= 0.3 is 0 Å². The molecule has 2 aromatic rings. The molecule has 2 rings (SSSR count). The van der Waals surface area contributed by atoms with E-state index in [4.69, 9.17) is 4.74 Å². The molecule has 0 saturated heterocycles. The summed E-state index contributed by atoms with van der Waals surface area (Å²) in [4.78, 5) is 4.21. The summed E-state index contributed by atoms with van der Waals surface area (Å²) < 4.78 is 5.11. The first-order valence-corrected chi connectivity index (χ1v) is 5.78. The summed E-state index contributed by atoms with van der Waals surface area (Å²) >= 11 is 0. The summed E-state index contributed by atoms with van der Waals surface area (Å²) in [5.41, 5.74) is 2.10. The maximum atomic E-state index is 5.11. The third-order valence-electron chi connectivity index (χ3n) is 2.47. The molecular formula is C16H15NO. The third kappa shape index (κ3) is 3.59. The van der Waals surface area contributed by atoms with Gasteiger partial charge in [-0.15, -0.1) is 0 Å². The molecule has 1 aromatic heterocycles. The Morgan fingerprint density at radius 2 is 1.72 bits per heavy atom. The average molecular weight is 237 g/mol. The zero-order chi connectivity index (χ0) is 12.6. The minimum absolute atomic E-state index is 0.871. The number of nitrogens with zero attached hydrogens (tertiary/aromatic N) is 1. The Labute approximate surface area is 107 Å². The van der Waals surface area contributed by atoms with Crippen LogP contribution in [0.3, 0.4) is 0 Å². The van der Waals surface area contributed by atoms with Crippen molar-refractivity contribution in [1.29, 1.82) is 0 Å². The van der Waals surface area contributed by atoms with Crippen molar-refractivity contribution in [2.45, 2.75) is 0 Å². The Morgan fingerprint density at radius 1 is 0.944 bits per heavy atom. The van der Waals surface area contributed by atoms with E-state index in [-0.39, 0.29) is 0 Å². The minimum Gasteiger partial charge on any atom is -0.497 e. The highest BCUT2D eigenvalue weighted by molar-refractivity contribution is 5.56. The maximum absolute atomic E-state index is 5.11. The first kappa shape index (κ1) is 12.1. The lowest BCUT2D eigenvalue weighted by atomic mass is 10.2. The molecule has 0 bridgehead atoms. The maximum Gasteiger partial charge on any atom is 0.118 e. The van der Waals surface area contributed by atoms with Crippen LogP contribution < -0.4 is 4.74 Å². The predicted molar refractivity (Wildman–Crippen MR) is 75.3 cm³/mol. The number of hydrogen-bond acceptors (Lipinski definition) is 2. The van der Waals surface area contributed by atoms with E-state index in [1.165, 1.54) is 0 Å². The molecule has 2 nitrogen and oxygen atoms in total. The Kier molecular flexibility index (Phi) is 4.31. The van der Waals surface area contributed by atoms with Crippen molar-refractivity contribution in [3.63, 3.8) is 0 Å². The molecule has 0 unspecified atom stereocenters. The quantitative estimate of drug-likeness (QED) is 0.754. The van der Waals surface area contributed by atoms with E-state index < -0.39 is 0 Å². The first-order valence-electron chi connectivity index (χ1n) is 5.78. The standard InChI is InChI=1S/C16H15NO/c1-18-16-11-9-14(10-12-16)6-2-3-7-15-8-4-5-13-17-15/h2-13H,1H3. The normalized spacial score (nSPS) is 11.2. The summed E-state index contributed by atoms with van der Waals surface area (Å²) in [7, 11) is 1.67. The van der Waals surface area contributed by atoms with Gasteiger partial charge in [-0.25, -0.2) is 0 Å². The molecule has 0 N–H and O–H groups in total. The van der Waals surface area contributed by atoms with Crippen molar-refractivity contribution in [2.75, 3.05) is 7.11 Å². The molecule has 90 valence electrons. The topological polar surface area (TPSA) is 22.1 Å². The fourth-order valence-electron chi connectivity index (χ4n) is 1.51. The number of allylic oxidation sites excluding steroid dienone is 2. The van der Waals surface area contributed by atoms with Crippen LogP contribution in [-0.4, -0.2) is 12.1 Å². The molecule has 0 atom stereocenters. The predicted octanol–water partition coefficient (Wildman–Crippen LogP) is 3.82. The third-order valence-corrected chi connectivity index (χ3v) is 2.47. The number of ether oxygens (including phenoxy) is 1. The van der Waals surface area contributed by atoms with Crippen LogP contribution in [0.4, 0.5) is 0 Å². The van der Waals surface area contributed by atoms with E-state index in [0.717, 1.165) is 17.0 Å². The van der Waals surface area contributed by atoms with E-state index in [1.807, 2.05) is 66.8 Å². The smallest absolute Gasteiger partial charge is 0.118 e. The van der Waals surface area contributed by atoms with Crippen molar-refractivity contribution in [1.82, 2.24) is 4.98 Å². The lowest BCUT2D eigenvalue weighted by Gasteiger charge is -1.98. The number of methoxy groups -OCH3 is 1. The molecule has 18 heavy (non-hydrogen) atoms. The number of hydrogen-bond donors (Lipinski definition) is 0. The second-order valence-electron chi connectivity index (χ2n) is 3.75. The van der Waals surface area contributed by atoms with Gasteiger partial charge in [0.1, 0.15) is 5.75 Å². The molecule has 0 spiro atoms. The summed E-state index contributed by atoms with van der Waals surface area (Å²) in [5, 5.41) is 0. The van der Waals surface area contributed by atoms with Gasteiger partial charge in [-0.2, -0.15) is 0 Å². The lowest BCUT2D eigenvalue weighted by Crippen LogP contribution is -1.81. The van der Waals surface area contributed by atoms with E-state index in [2.05, 4.69) is 4.98 Å². The Bertz CT molecular complexity index is 527. The summed E-state index contributed by atoms with van der Waals surface area (Å²) in [6.07, 6.45) is 9.77. The van der Waals surface area contributed by atoms with Gasteiger partial charge in [-0.05, 0) is 35.9 Å². The van der Waals surface area contributed by atoms with Crippen LogP contribution in [0.1, 0.15) is 11.3 Å². The van der Waals surface area contributed by atoms with Crippen LogP contribution in [0.5, 0.6) is 5.75 Å². The van der Waals surface area contributed by atoms with Crippen LogP contribution in [0.25, 0.3) is 12.2 Å². The van der Waals surface area contributed by atoms with Crippen molar-refractivity contribution >= 4 is 12.2 Å². The van der Waals surface area contributed by atoms with Crippen molar-refractivity contribution in [2.24, 2.45) is 0 Å². The van der Waals surface area contributed by atoms with E-state index in [9.17, 15) is 0 Å². The Balaban J connectivity index is 1.96. The van der Waals surface area contributed by atoms with E-state index >= 15 is 0 Å². The molecule has 0 fully saturated rings. The fourth-order valence-corrected chi connectivity index (χ4v) is 1.51. The van der Waals surface area contributed by atoms with Crippen molar-refractivity contribution < 1.29 is 4.74 Å². The minimum atomic E-state index is 0.871. The lowest BCUT2D eigenvalue weighted by molar-refractivity contribution is 0.415. The molecule has 0 radical (unpaired) electrons. The van der Waals surface area contributed by atoms with E-state index in [1.54, 1.807) is 13.3 Å². The van der Waals surface area contributed by atoms with Crippen molar-refractivity contribution in [3.05, 3.63) is 72.1 Å². The molecule has 0 aliphatic rings. The van der Waals surface area contributed by atoms with Gasteiger partial charge in [0.15, 0.2) is 0 Å². The van der Waals surface area contributed by atoms with Gasteiger partial charge in [-0.3, -0.25) is 4.98 Å². The summed E-state index contributed by atoms with van der Waals surface area (Å²) in [5.74, 6) is 0.871. The molecule has 2 heteroatoms. The summed E-state index contributed by atoms with van der Waals surface area (Å²) in [6, 6.07) is 13.8. The molecule has 0 saturated carbocycles. The van der Waals surface area contributed by atoms with Gasteiger partial charge in [0.05, 0.1) is 12.8 Å². The van der Waals surface area contributed by atoms with Gasteiger partial charge in [0.2, 0.25) is 0 Å². The zero-order valence-electron chi connectivity index (χ0n) is 10.3. The monoisotopic (exact) mass is 237 g/mol. The molecule has 0 aliphatic carbocycles. The van der Waals surface area contributed by atoms with Gasteiger partial charge in [-0.1, -0.05) is 36.4 Å². The number of benzene rings is 1. The van der Waals surface area contributed by atoms with Crippen molar-refractivity contribution in [3.8, 4) is 5.75 Å². The molecule has 0 aliphatic heterocycles. The second-order valence-corrected chi connectivity index (χ2v) is 3.75. The number of aromatic nitrogens is 1. The highest BCUT2D eigenvalue weighted by atomic mass is 16.5. The van der Waals surface area contributed by atoms with Crippen LogP contribution in [0.15, 0.2) is 60.8 Å². The number of rotatable bonds is 4.